The molecule has 19 heavy (non-hydrogen) atoms. The second-order valence-corrected chi connectivity index (χ2v) is 5.67. The quantitative estimate of drug-likeness (QED) is 0.775. The zero-order valence-electron chi connectivity index (χ0n) is 11.5. The van der Waals surface area contributed by atoms with Crippen molar-refractivity contribution in [1.29, 1.82) is 0 Å². The molecule has 2 aliphatic rings. The lowest BCUT2D eigenvalue weighted by Gasteiger charge is -2.38. The second-order valence-electron chi connectivity index (χ2n) is 5.67. The first-order valence-corrected chi connectivity index (χ1v) is 7.02. The van der Waals surface area contributed by atoms with E-state index in [1.54, 1.807) is 4.90 Å². The Hall–Kier alpha value is -1.30. The van der Waals surface area contributed by atoms with Crippen molar-refractivity contribution in [3.8, 4) is 0 Å². The van der Waals surface area contributed by atoms with Crippen molar-refractivity contribution in [3.05, 3.63) is 0 Å². The highest BCUT2D eigenvalue weighted by molar-refractivity contribution is 5.86. The van der Waals surface area contributed by atoms with E-state index in [9.17, 15) is 14.7 Å². The van der Waals surface area contributed by atoms with Gasteiger partial charge in [0.2, 0.25) is 0 Å². The van der Waals surface area contributed by atoms with Crippen molar-refractivity contribution >= 4 is 12.0 Å². The molecule has 2 rings (SSSR count). The minimum absolute atomic E-state index is 0.225. The van der Waals surface area contributed by atoms with Crippen LogP contribution < -0.4 is 5.32 Å². The van der Waals surface area contributed by atoms with Crippen LogP contribution in [-0.2, 0) is 4.79 Å². The average molecular weight is 269 g/mol. The first-order valence-electron chi connectivity index (χ1n) is 7.02. The van der Waals surface area contributed by atoms with Crippen LogP contribution in [0, 0.1) is 0 Å². The summed E-state index contributed by atoms with van der Waals surface area (Å²) in [4.78, 5) is 27.6. The molecule has 1 aliphatic carbocycles. The molecule has 0 spiro atoms. The Kier molecular flexibility index (Phi) is 4.29. The van der Waals surface area contributed by atoms with Gasteiger partial charge >= 0.3 is 12.0 Å². The number of likely N-dealkylation sites (N-methyl/N-ethyl adjacent to an activating group) is 1. The topological polar surface area (TPSA) is 72.9 Å². The molecule has 1 heterocycles. The summed E-state index contributed by atoms with van der Waals surface area (Å²) in [7, 11) is 2.02. The lowest BCUT2D eigenvalue weighted by Crippen LogP contribution is -2.60. The number of carbonyl (C=O) groups excluding carboxylic acids is 1. The summed E-state index contributed by atoms with van der Waals surface area (Å²) in [5, 5.41) is 12.2. The molecule has 0 atom stereocenters. The van der Waals surface area contributed by atoms with E-state index < -0.39 is 11.5 Å². The molecule has 0 aromatic carbocycles. The Morgan fingerprint density at radius 3 is 2.16 bits per heavy atom. The van der Waals surface area contributed by atoms with Crippen molar-refractivity contribution in [3.63, 3.8) is 0 Å². The maximum absolute atomic E-state index is 12.2. The molecule has 1 saturated carbocycles. The number of carbonyl (C=O) groups is 2. The number of carboxylic acids is 1. The van der Waals surface area contributed by atoms with Crippen LogP contribution in [0.3, 0.4) is 0 Å². The number of nitrogens with one attached hydrogen (secondary N) is 1. The lowest BCUT2D eigenvalue weighted by atomic mass is 9.82. The third kappa shape index (κ3) is 3.18. The van der Waals surface area contributed by atoms with Crippen LogP contribution in [0.15, 0.2) is 0 Å². The highest BCUT2D eigenvalue weighted by Gasteiger charge is 2.41. The van der Waals surface area contributed by atoms with Gasteiger partial charge < -0.3 is 20.2 Å². The van der Waals surface area contributed by atoms with Gasteiger partial charge in [-0.3, -0.25) is 0 Å². The van der Waals surface area contributed by atoms with Gasteiger partial charge in [-0.2, -0.15) is 0 Å². The highest BCUT2D eigenvalue weighted by atomic mass is 16.4. The van der Waals surface area contributed by atoms with E-state index >= 15 is 0 Å². The molecule has 0 aromatic rings. The molecule has 6 heteroatoms. The number of hydrogen-bond donors (Lipinski definition) is 2. The number of nitrogens with zero attached hydrogens (tertiary/aromatic N) is 2. The second kappa shape index (κ2) is 5.77. The fourth-order valence-corrected chi connectivity index (χ4v) is 2.84. The molecule has 2 fully saturated rings. The van der Waals surface area contributed by atoms with Gasteiger partial charge in [-0.1, -0.05) is 19.3 Å². The van der Waals surface area contributed by atoms with E-state index in [4.69, 9.17) is 0 Å². The van der Waals surface area contributed by atoms with Crippen molar-refractivity contribution in [1.82, 2.24) is 15.1 Å². The predicted molar refractivity (Wildman–Crippen MR) is 71.1 cm³/mol. The van der Waals surface area contributed by atoms with Crippen LogP contribution in [-0.4, -0.2) is 65.7 Å². The summed E-state index contributed by atoms with van der Waals surface area (Å²) in [5.41, 5.74) is -1.04. The Labute approximate surface area is 113 Å². The van der Waals surface area contributed by atoms with Gasteiger partial charge in [-0.25, -0.2) is 9.59 Å². The van der Waals surface area contributed by atoms with Crippen LogP contribution in [0.2, 0.25) is 0 Å². The van der Waals surface area contributed by atoms with Crippen LogP contribution in [0.4, 0.5) is 4.79 Å². The number of carboxylic acid groups (broad SMARTS) is 1. The Bertz CT molecular complexity index is 345. The van der Waals surface area contributed by atoms with Gasteiger partial charge in [0.15, 0.2) is 0 Å². The number of hydrogen-bond acceptors (Lipinski definition) is 3. The largest absolute Gasteiger partial charge is 0.480 e. The summed E-state index contributed by atoms with van der Waals surface area (Å²) >= 11 is 0. The third-order valence-corrected chi connectivity index (χ3v) is 4.25. The number of rotatable bonds is 2. The summed E-state index contributed by atoms with van der Waals surface area (Å²) in [6.45, 7) is 3.01. The number of urea groups is 1. The molecule has 0 aromatic heterocycles. The molecule has 2 N–H and O–H groups in total. The minimum Gasteiger partial charge on any atom is -0.480 e. The van der Waals surface area contributed by atoms with Crippen molar-refractivity contribution < 1.29 is 14.7 Å². The third-order valence-electron chi connectivity index (χ3n) is 4.25. The predicted octanol–water partition coefficient (Wildman–Crippen LogP) is 0.731. The van der Waals surface area contributed by atoms with Gasteiger partial charge in [-0.05, 0) is 19.9 Å². The van der Waals surface area contributed by atoms with E-state index in [1.807, 2.05) is 7.05 Å². The van der Waals surface area contributed by atoms with Gasteiger partial charge in [0, 0.05) is 26.2 Å². The summed E-state index contributed by atoms with van der Waals surface area (Å²) in [5.74, 6) is -0.894. The lowest BCUT2D eigenvalue weighted by molar-refractivity contribution is -0.146. The van der Waals surface area contributed by atoms with Crippen molar-refractivity contribution in [2.24, 2.45) is 0 Å². The Morgan fingerprint density at radius 2 is 1.63 bits per heavy atom. The van der Waals surface area contributed by atoms with Gasteiger partial charge in [0.25, 0.3) is 0 Å². The molecule has 0 bridgehead atoms. The molecular formula is C13H23N3O3. The average Bonchev–Trinajstić information content (AvgIpc) is 2.40. The number of amides is 2. The zero-order chi connectivity index (χ0) is 13.9. The zero-order valence-corrected chi connectivity index (χ0v) is 11.5. The van der Waals surface area contributed by atoms with Crippen molar-refractivity contribution in [2.75, 3.05) is 33.2 Å². The molecule has 1 saturated heterocycles. The normalized spacial score (nSPS) is 23.9. The van der Waals surface area contributed by atoms with Crippen molar-refractivity contribution in [2.45, 2.75) is 37.6 Å². The Balaban J connectivity index is 1.97. The SMILES string of the molecule is CN1CCN(C(=O)NC2(C(=O)O)CCCCC2)CC1. The van der Waals surface area contributed by atoms with E-state index in [1.165, 1.54) is 0 Å². The van der Waals surface area contributed by atoms with E-state index in [-0.39, 0.29) is 6.03 Å². The first-order chi connectivity index (χ1) is 9.03. The fourth-order valence-electron chi connectivity index (χ4n) is 2.84. The maximum atomic E-state index is 12.2. The first kappa shape index (κ1) is 14.1. The van der Waals surface area contributed by atoms with Gasteiger partial charge in [0.1, 0.15) is 5.54 Å². The minimum atomic E-state index is -1.04. The summed E-state index contributed by atoms with van der Waals surface area (Å²) in [6.07, 6.45) is 3.88. The highest BCUT2D eigenvalue weighted by Crippen LogP contribution is 2.28. The van der Waals surface area contributed by atoms with Crippen LogP contribution >= 0.6 is 0 Å². The molecule has 108 valence electrons. The van der Waals surface area contributed by atoms with E-state index in [0.717, 1.165) is 32.4 Å². The van der Waals surface area contributed by atoms with Crippen LogP contribution in [0.1, 0.15) is 32.1 Å². The van der Waals surface area contributed by atoms with E-state index in [2.05, 4.69) is 10.2 Å². The fraction of sp³-hybridized carbons (Fsp3) is 0.846. The molecular weight excluding hydrogens is 246 g/mol. The standard InChI is InChI=1S/C13H23N3O3/c1-15-7-9-16(10-8-15)12(19)14-13(11(17)18)5-3-2-4-6-13/h2-10H2,1H3,(H,14,19)(H,17,18). The number of piperazine rings is 1. The van der Waals surface area contributed by atoms with Crippen LogP contribution in [0.25, 0.3) is 0 Å². The molecule has 1 aliphatic heterocycles. The Morgan fingerprint density at radius 1 is 1.05 bits per heavy atom. The summed E-state index contributed by atoms with van der Waals surface area (Å²) in [6, 6.07) is -0.225. The summed E-state index contributed by atoms with van der Waals surface area (Å²) < 4.78 is 0. The number of aliphatic carboxylic acids is 1. The molecule has 0 radical (unpaired) electrons. The maximum Gasteiger partial charge on any atom is 0.329 e. The molecule has 0 unspecified atom stereocenters. The molecule has 2 amide bonds. The monoisotopic (exact) mass is 269 g/mol. The van der Waals surface area contributed by atoms with Gasteiger partial charge in [-0.15, -0.1) is 0 Å². The smallest absolute Gasteiger partial charge is 0.329 e. The van der Waals surface area contributed by atoms with E-state index in [0.29, 0.717) is 25.9 Å². The van der Waals surface area contributed by atoms with Crippen LogP contribution in [0.5, 0.6) is 0 Å². The molecule has 6 nitrogen and oxygen atoms in total. The van der Waals surface area contributed by atoms with Gasteiger partial charge in [0.05, 0.1) is 0 Å².